The van der Waals surface area contributed by atoms with Crippen LogP contribution in [0.2, 0.25) is 0 Å². The Morgan fingerprint density at radius 3 is 2.86 bits per heavy atom. The Morgan fingerprint density at radius 1 is 1.32 bits per heavy atom. The van der Waals surface area contributed by atoms with Crippen molar-refractivity contribution in [3.05, 3.63) is 47.1 Å². The van der Waals surface area contributed by atoms with E-state index in [1.165, 1.54) is 4.57 Å². The predicted octanol–water partition coefficient (Wildman–Crippen LogP) is 2.01. The number of hydrogen-bond donors (Lipinski definition) is 1. The van der Waals surface area contributed by atoms with Crippen LogP contribution in [0.5, 0.6) is 0 Å². The monoisotopic (exact) mass is 300 g/mol. The van der Waals surface area contributed by atoms with Crippen LogP contribution < -0.4 is 11.1 Å². The number of nitrogens with one attached hydrogen (secondary N) is 1. The summed E-state index contributed by atoms with van der Waals surface area (Å²) in [4.78, 5) is 24.0. The zero-order valence-corrected chi connectivity index (χ0v) is 12.3. The van der Waals surface area contributed by atoms with Crippen molar-refractivity contribution in [2.45, 2.75) is 26.4 Å². The van der Waals surface area contributed by atoms with Crippen molar-refractivity contribution in [3.63, 3.8) is 0 Å². The van der Waals surface area contributed by atoms with Crippen LogP contribution in [-0.4, -0.2) is 20.3 Å². The molecular formula is C15H16N4O3. The van der Waals surface area contributed by atoms with Gasteiger partial charge in [0, 0.05) is 12.1 Å². The van der Waals surface area contributed by atoms with Crippen molar-refractivity contribution >= 4 is 22.8 Å². The highest BCUT2D eigenvalue weighted by atomic mass is 16.4. The van der Waals surface area contributed by atoms with Crippen molar-refractivity contribution < 1.29 is 9.21 Å². The quantitative estimate of drug-likeness (QED) is 0.799. The fourth-order valence-electron chi connectivity index (χ4n) is 2.31. The summed E-state index contributed by atoms with van der Waals surface area (Å²) < 4.78 is 8.12. The molecule has 1 amide bonds. The summed E-state index contributed by atoms with van der Waals surface area (Å²) in [5, 5.41) is 6.91. The molecule has 2 heterocycles. The maximum Gasteiger partial charge on any atom is 0.420 e. The molecule has 114 valence electrons. The summed E-state index contributed by atoms with van der Waals surface area (Å²) in [6.45, 7) is 3.83. The van der Waals surface area contributed by atoms with Gasteiger partial charge in [0.2, 0.25) is 5.91 Å². The van der Waals surface area contributed by atoms with Gasteiger partial charge in [-0.25, -0.2) is 9.48 Å². The molecule has 0 atom stereocenters. The molecule has 7 heteroatoms. The van der Waals surface area contributed by atoms with Crippen LogP contribution in [0.25, 0.3) is 11.1 Å². The van der Waals surface area contributed by atoms with E-state index in [1.54, 1.807) is 41.2 Å². The topological polar surface area (TPSA) is 82.1 Å². The molecule has 22 heavy (non-hydrogen) atoms. The molecule has 2 aromatic heterocycles. The van der Waals surface area contributed by atoms with E-state index in [2.05, 4.69) is 10.4 Å². The van der Waals surface area contributed by atoms with Gasteiger partial charge in [0.25, 0.3) is 0 Å². The molecule has 0 fully saturated rings. The fraction of sp³-hybridized carbons (Fsp3) is 0.267. The molecule has 0 bridgehead atoms. The Hall–Kier alpha value is -2.83. The third-order valence-electron chi connectivity index (χ3n) is 3.30. The molecule has 3 aromatic rings. The molecule has 0 spiro atoms. The summed E-state index contributed by atoms with van der Waals surface area (Å²) in [6, 6.07) is 8.85. The second-order valence-corrected chi connectivity index (χ2v) is 5.22. The number of carbonyl (C=O) groups excluding carboxylic acids is 1. The molecule has 0 saturated carbocycles. The van der Waals surface area contributed by atoms with Gasteiger partial charge in [0.15, 0.2) is 5.58 Å². The first-order valence-electron chi connectivity index (χ1n) is 6.98. The second kappa shape index (κ2) is 5.51. The maximum absolute atomic E-state index is 12.2. The lowest BCUT2D eigenvalue weighted by Crippen LogP contribution is -2.26. The predicted molar refractivity (Wildman–Crippen MR) is 81.7 cm³/mol. The Morgan fingerprint density at radius 2 is 2.09 bits per heavy atom. The summed E-state index contributed by atoms with van der Waals surface area (Å²) in [5.41, 5.74) is 1.06. The van der Waals surface area contributed by atoms with E-state index >= 15 is 0 Å². The summed E-state index contributed by atoms with van der Waals surface area (Å²) in [6.07, 6.45) is 1.62. The number of amides is 1. The molecular weight excluding hydrogens is 284 g/mol. The lowest BCUT2D eigenvalue weighted by molar-refractivity contribution is -0.116. The van der Waals surface area contributed by atoms with Crippen molar-refractivity contribution in [2.24, 2.45) is 0 Å². The first-order chi connectivity index (χ1) is 10.6. The smallest absolute Gasteiger partial charge is 0.408 e. The van der Waals surface area contributed by atoms with E-state index in [1.807, 2.05) is 13.8 Å². The van der Waals surface area contributed by atoms with Gasteiger partial charge in [-0.05, 0) is 26.0 Å². The minimum atomic E-state index is -0.547. The van der Waals surface area contributed by atoms with Crippen LogP contribution in [0.3, 0.4) is 0 Å². The molecule has 0 saturated heterocycles. The number of benzene rings is 1. The minimum Gasteiger partial charge on any atom is -0.408 e. The summed E-state index contributed by atoms with van der Waals surface area (Å²) in [7, 11) is 0. The molecule has 1 aromatic carbocycles. The summed E-state index contributed by atoms with van der Waals surface area (Å²) in [5.74, 6) is -0.259. The number of para-hydroxylation sites is 2. The highest BCUT2D eigenvalue weighted by Gasteiger charge is 2.14. The molecule has 7 nitrogen and oxygen atoms in total. The number of carbonyl (C=O) groups is 1. The van der Waals surface area contributed by atoms with E-state index < -0.39 is 5.76 Å². The van der Waals surface area contributed by atoms with Crippen molar-refractivity contribution in [1.29, 1.82) is 0 Å². The normalized spacial score (nSPS) is 11.2. The molecule has 0 radical (unpaired) electrons. The van der Waals surface area contributed by atoms with Crippen LogP contribution in [0.4, 0.5) is 5.82 Å². The molecule has 0 aliphatic carbocycles. The number of oxazole rings is 1. The van der Waals surface area contributed by atoms with E-state index in [0.29, 0.717) is 16.9 Å². The van der Waals surface area contributed by atoms with Gasteiger partial charge in [-0.2, -0.15) is 5.10 Å². The average molecular weight is 300 g/mol. The Labute approximate surface area is 126 Å². The van der Waals surface area contributed by atoms with Crippen LogP contribution >= 0.6 is 0 Å². The number of fused-ring (bicyclic) bond motifs is 1. The van der Waals surface area contributed by atoms with Gasteiger partial charge in [-0.15, -0.1) is 0 Å². The van der Waals surface area contributed by atoms with E-state index in [-0.39, 0.29) is 18.5 Å². The number of anilines is 1. The minimum absolute atomic E-state index is 0.112. The van der Waals surface area contributed by atoms with Gasteiger partial charge in [0.1, 0.15) is 12.4 Å². The van der Waals surface area contributed by atoms with Crippen LogP contribution in [-0.2, 0) is 11.3 Å². The van der Waals surface area contributed by atoms with Gasteiger partial charge < -0.3 is 9.73 Å². The highest BCUT2D eigenvalue weighted by molar-refractivity contribution is 5.90. The standard InChI is InChI=1S/C15H16N4O3/c1-10(2)19-13(7-8-16-19)17-14(20)9-18-11-5-3-4-6-12(11)22-15(18)21/h3-8,10H,9H2,1-2H3,(H,17,20). The highest BCUT2D eigenvalue weighted by Crippen LogP contribution is 2.14. The molecule has 0 aliphatic heterocycles. The third kappa shape index (κ3) is 2.52. The molecule has 1 N–H and O–H groups in total. The first-order valence-corrected chi connectivity index (χ1v) is 6.98. The van der Waals surface area contributed by atoms with Gasteiger partial charge in [-0.1, -0.05) is 12.1 Å². The van der Waals surface area contributed by atoms with Crippen molar-refractivity contribution in [3.8, 4) is 0 Å². The van der Waals surface area contributed by atoms with E-state index in [9.17, 15) is 9.59 Å². The fourth-order valence-corrected chi connectivity index (χ4v) is 2.31. The number of aromatic nitrogens is 3. The van der Waals surface area contributed by atoms with Crippen LogP contribution in [0.1, 0.15) is 19.9 Å². The van der Waals surface area contributed by atoms with Crippen molar-refractivity contribution in [1.82, 2.24) is 14.3 Å². The maximum atomic E-state index is 12.2. The molecule has 0 unspecified atom stereocenters. The second-order valence-electron chi connectivity index (χ2n) is 5.22. The lowest BCUT2D eigenvalue weighted by atomic mass is 10.3. The van der Waals surface area contributed by atoms with Crippen LogP contribution in [0.15, 0.2) is 45.7 Å². The molecule has 3 rings (SSSR count). The zero-order chi connectivity index (χ0) is 15.7. The molecule has 0 aliphatic rings. The Bertz CT molecular complexity index is 872. The van der Waals surface area contributed by atoms with Crippen LogP contribution in [0, 0.1) is 0 Å². The SMILES string of the molecule is CC(C)n1nccc1NC(=O)Cn1c(=O)oc2ccccc21. The first kappa shape index (κ1) is 14.1. The van der Waals surface area contributed by atoms with Gasteiger partial charge in [-0.3, -0.25) is 9.36 Å². The Balaban J connectivity index is 1.83. The number of nitrogens with zero attached hydrogens (tertiary/aromatic N) is 3. The average Bonchev–Trinajstić information content (AvgIpc) is 3.04. The number of rotatable bonds is 4. The van der Waals surface area contributed by atoms with Gasteiger partial charge in [0.05, 0.1) is 11.7 Å². The van der Waals surface area contributed by atoms with Gasteiger partial charge >= 0.3 is 5.76 Å². The van der Waals surface area contributed by atoms with Crippen molar-refractivity contribution in [2.75, 3.05) is 5.32 Å². The third-order valence-corrected chi connectivity index (χ3v) is 3.30. The zero-order valence-electron chi connectivity index (χ0n) is 12.3. The van der Waals surface area contributed by atoms with E-state index in [0.717, 1.165) is 0 Å². The Kier molecular flexibility index (Phi) is 3.54. The largest absolute Gasteiger partial charge is 0.420 e. The number of hydrogen-bond acceptors (Lipinski definition) is 4. The van der Waals surface area contributed by atoms with E-state index in [4.69, 9.17) is 4.42 Å². The lowest BCUT2D eigenvalue weighted by Gasteiger charge is -2.11. The summed E-state index contributed by atoms with van der Waals surface area (Å²) >= 11 is 0.